The second-order valence-electron chi connectivity index (χ2n) is 3.87. The standard InChI is InChI=1S/C13H13N3O3S/c1-3-19-13(18)10-7-20-12(16-10)9-4-5-14-11(6-9)15-8(2)17/h4-7H,3H2,1-2H3,(H,14,15,17). The third-order valence-electron chi connectivity index (χ3n) is 2.30. The minimum atomic E-state index is -0.439. The molecular formula is C13H13N3O3S. The molecule has 0 aliphatic heterocycles. The number of amides is 1. The molecule has 104 valence electrons. The van der Waals surface area contributed by atoms with Crippen LogP contribution in [-0.2, 0) is 9.53 Å². The number of nitrogens with zero attached hydrogens (tertiary/aromatic N) is 2. The van der Waals surface area contributed by atoms with Gasteiger partial charge in [0.1, 0.15) is 10.8 Å². The van der Waals surface area contributed by atoms with Crippen molar-refractivity contribution in [2.24, 2.45) is 0 Å². The maximum Gasteiger partial charge on any atom is 0.357 e. The summed E-state index contributed by atoms with van der Waals surface area (Å²) in [6.07, 6.45) is 1.58. The normalized spacial score (nSPS) is 10.1. The molecule has 0 aliphatic rings. The number of anilines is 1. The van der Waals surface area contributed by atoms with E-state index >= 15 is 0 Å². The molecule has 2 aromatic heterocycles. The lowest BCUT2D eigenvalue weighted by Gasteiger charge is -2.02. The Morgan fingerprint density at radius 3 is 2.95 bits per heavy atom. The molecule has 0 spiro atoms. The summed E-state index contributed by atoms with van der Waals surface area (Å²) in [5, 5.41) is 4.91. The number of carbonyl (C=O) groups excluding carboxylic acids is 2. The van der Waals surface area contributed by atoms with Crippen molar-refractivity contribution in [1.82, 2.24) is 9.97 Å². The van der Waals surface area contributed by atoms with Crippen molar-refractivity contribution in [3.8, 4) is 10.6 Å². The van der Waals surface area contributed by atoms with E-state index in [1.165, 1.54) is 18.3 Å². The van der Waals surface area contributed by atoms with Crippen molar-refractivity contribution >= 4 is 29.0 Å². The lowest BCUT2D eigenvalue weighted by atomic mass is 10.2. The van der Waals surface area contributed by atoms with Crippen LogP contribution >= 0.6 is 11.3 Å². The van der Waals surface area contributed by atoms with Crippen LogP contribution in [0.2, 0.25) is 0 Å². The number of pyridine rings is 1. The Hall–Kier alpha value is -2.28. The zero-order valence-corrected chi connectivity index (χ0v) is 11.9. The molecule has 0 aromatic carbocycles. The molecule has 20 heavy (non-hydrogen) atoms. The average Bonchev–Trinajstić information content (AvgIpc) is 2.88. The second kappa shape index (κ2) is 6.25. The topological polar surface area (TPSA) is 81.2 Å². The molecule has 6 nitrogen and oxygen atoms in total. The maximum atomic E-state index is 11.6. The Kier molecular flexibility index (Phi) is 4.41. The molecule has 0 fully saturated rings. The van der Waals surface area contributed by atoms with E-state index in [-0.39, 0.29) is 11.6 Å². The number of aromatic nitrogens is 2. The van der Waals surface area contributed by atoms with Crippen molar-refractivity contribution in [1.29, 1.82) is 0 Å². The van der Waals surface area contributed by atoms with E-state index < -0.39 is 5.97 Å². The van der Waals surface area contributed by atoms with E-state index in [4.69, 9.17) is 4.74 Å². The van der Waals surface area contributed by atoms with Gasteiger partial charge in [0.05, 0.1) is 6.61 Å². The summed E-state index contributed by atoms with van der Waals surface area (Å²) in [7, 11) is 0. The van der Waals surface area contributed by atoms with Gasteiger partial charge in [0, 0.05) is 24.1 Å². The molecule has 0 bridgehead atoms. The van der Waals surface area contributed by atoms with Gasteiger partial charge in [-0.25, -0.2) is 14.8 Å². The van der Waals surface area contributed by atoms with Crippen LogP contribution in [-0.4, -0.2) is 28.5 Å². The molecule has 0 saturated heterocycles. The summed E-state index contributed by atoms with van der Waals surface area (Å²) >= 11 is 1.33. The Balaban J connectivity index is 2.23. The van der Waals surface area contributed by atoms with Crippen molar-refractivity contribution in [3.63, 3.8) is 0 Å². The zero-order chi connectivity index (χ0) is 14.5. The fourth-order valence-corrected chi connectivity index (χ4v) is 2.30. The monoisotopic (exact) mass is 291 g/mol. The third-order valence-corrected chi connectivity index (χ3v) is 3.19. The molecule has 7 heteroatoms. The lowest BCUT2D eigenvalue weighted by Crippen LogP contribution is -2.07. The Bertz CT molecular complexity index is 639. The molecular weight excluding hydrogens is 278 g/mol. The van der Waals surface area contributed by atoms with Crippen LogP contribution in [0, 0.1) is 0 Å². The summed E-state index contributed by atoms with van der Waals surface area (Å²) in [4.78, 5) is 30.8. The van der Waals surface area contributed by atoms with E-state index in [0.29, 0.717) is 17.4 Å². The van der Waals surface area contributed by atoms with Crippen LogP contribution in [0.5, 0.6) is 0 Å². The first-order chi connectivity index (χ1) is 9.60. The van der Waals surface area contributed by atoms with Gasteiger partial charge in [0.2, 0.25) is 5.91 Å². The Morgan fingerprint density at radius 1 is 1.45 bits per heavy atom. The quantitative estimate of drug-likeness (QED) is 0.874. The molecule has 2 aromatic rings. The van der Waals surface area contributed by atoms with Crippen LogP contribution in [0.3, 0.4) is 0 Å². The molecule has 2 heterocycles. The minimum absolute atomic E-state index is 0.194. The van der Waals surface area contributed by atoms with E-state index in [0.717, 1.165) is 5.56 Å². The average molecular weight is 291 g/mol. The predicted molar refractivity (Wildman–Crippen MR) is 75.6 cm³/mol. The highest BCUT2D eigenvalue weighted by atomic mass is 32.1. The number of esters is 1. The SMILES string of the molecule is CCOC(=O)c1csc(-c2ccnc(NC(C)=O)c2)n1. The predicted octanol–water partition coefficient (Wildman–Crippen LogP) is 2.34. The fraction of sp³-hybridized carbons (Fsp3) is 0.231. The second-order valence-corrected chi connectivity index (χ2v) is 4.73. The molecule has 1 amide bonds. The highest BCUT2D eigenvalue weighted by molar-refractivity contribution is 7.13. The number of ether oxygens (including phenoxy) is 1. The number of hydrogen-bond donors (Lipinski definition) is 1. The highest BCUT2D eigenvalue weighted by Gasteiger charge is 2.13. The Labute approximate surface area is 119 Å². The molecule has 0 radical (unpaired) electrons. The molecule has 2 rings (SSSR count). The largest absolute Gasteiger partial charge is 0.461 e. The van der Waals surface area contributed by atoms with Crippen molar-refractivity contribution < 1.29 is 14.3 Å². The van der Waals surface area contributed by atoms with Crippen LogP contribution in [0.25, 0.3) is 10.6 Å². The zero-order valence-electron chi connectivity index (χ0n) is 11.0. The number of thiazole rings is 1. The van der Waals surface area contributed by atoms with Gasteiger partial charge in [-0.2, -0.15) is 0 Å². The van der Waals surface area contributed by atoms with Gasteiger partial charge in [0.15, 0.2) is 5.69 Å². The van der Waals surface area contributed by atoms with Gasteiger partial charge in [-0.1, -0.05) is 0 Å². The third kappa shape index (κ3) is 3.39. The van der Waals surface area contributed by atoms with E-state index in [1.807, 2.05) is 0 Å². The van der Waals surface area contributed by atoms with Gasteiger partial charge >= 0.3 is 5.97 Å². The lowest BCUT2D eigenvalue weighted by molar-refractivity contribution is -0.114. The summed E-state index contributed by atoms with van der Waals surface area (Å²) in [5.41, 5.74) is 1.06. The van der Waals surface area contributed by atoms with Gasteiger partial charge < -0.3 is 10.1 Å². The number of rotatable bonds is 4. The summed E-state index contributed by atoms with van der Waals surface area (Å²) in [6, 6.07) is 3.47. The van der Waals surface area contributed by atoms with Crippen molar-refractivity contribution in [2.75, 3.05) is 11.9 Å². The first-order valence-corrected chi connectivity index (χ1v) is 6.84. The summed E-state index contributed by atoms with van der Waals surface area (Å²) < 4.78 is 4.89. The van der Waals surface area contributed by atoms with E-state index in [2.05, 4.69) is 15.3 Å². The van der Waals surface area contributed by atoms with E-state index in [9.17, 15) is 9.59 Å². The smallest absolute Gasteiger partial charge is 0.357 e. The molecule has 0 unspecified atom stereocenters. The van der Waals surface area contributed by atoms with Gasteiger partial charge in [0.25, 0.3) is 0 Å². The molecule has 0 saturated carbocycles. The summed E-state index contributed by atoms with van der Waals surface area (Å²) in [5.74, 6) is -0.185. The van der Waals surface area contributed by atoms with Crippen LogP contribution in [0.1, 0.15) is 24.3 Å². The van der Waals surface area contributed by atoms with Gasteiger partial charge in [-0.15, -0.1) is 11.3 Å². The fourth-order valence-electron chi connectivity index (χ4n) is 1.52. The van der Waals surface area contributed by atoms with Gasteiger partial charge in [-0.05, 0) is 19.1 Å². The number of nitrogens with one attached hydrogen (secondary N) is 1. The first-order valence-electron chi connectivity index (χ1n) is 5.97. The highest BCUT2D eigenvalue weighted by Crippen LogP contribution is 2.25. The molecule has 0 aliphatic carbocycles. The molecule has 0 atom stereocenters. The van der Waals surface area contributed by atoms with Gasteiger partial charge in [-0.3, -0.25) is 4.79 Å². The van der Waals surface area contributed by atoms with Crippen LogP contribution < -0.4 is 5.32 Å². The van der Waals surface area contributed by atoms with Crippen LogP contribution in [0.15, 0.2) is 23.7 Å². The van der Waals surface area contributed by atoms with Crippen LogP contribution in [0.4, 0.5) is 5.82 Å². The van der Waals surface area contributed by atoms with E-state index in [1.54, 1.807) is 30.6 Å². The number of hydrogen-bond acceptors (Lipinski definition) is 6. The maximum absolute atomic E-state index is 11.6. The van der Waals surface area contributed by atoms with Crippen molar-refractivity contribution in [3.05, 3.63) is 29.4 Å². The number of carbonyl (C=O) groups is 2. The Morgan fingerprint density at radius 2 is 2.25 bits per heavy atom. The minimum Gasteiger partial charge on any atom is -0.461 e. The first kappa shape index (κ1) is 14.1. The summed E-state index contributed by atoms with van der Waals surface area (Å²) in [6.45, 7) is 3.47. The molecule has 1 N–H and O–H groups in total. The van der Waals surface area contributed by atoms with Crippen molar-refractivity contribution in [2.45, 2.75) is 13.8 Å².